The summed E-state index contributed by atoms with van der Waals surface area (Å²) in [4.78, 5) is 15.6. The summed E-state index contributed by atoms with van der Waals surface area (Å²) < 4.78 is 37.5. The zero-order valence-corrected chi connectivity index (χ0v) is 17.4. The third-order valence-electron chi connectivity index (χ3n) is 3.31. The number of carbonyl (C=O) groups excluding carboxylic acids is 1. The Morgan fingerprint density at radius 1 is 1.12 bits per heavy atom. The largest absolute Gasteiger partial charge is 0.416 e. The zero-order chi connectivity index (χ0) is 18.9. The van der Waals surface area contributed by atoms with Crippen molar-refractivity contribution in [1.82, 2.24) is 16.0 Å². The van der Waals surface area contributed by atoms with Crippen LogP contribution in [0.25, 0.3) is 0 Å². The standard InChI is InChI=1S/C17H25F3N4O.HI/c1-12(2)24-15(25)9-11-23-16(21-3)22-10-8-13-4-6-14(7-5-13)17(18,19)20;/h4-7,12H,8-11H2,1-3H3,(H,24,25)(H2,21,22,23);1H. The van der Waals surface area contributed by atoms with Crippen molar-refractivity contribution in [2.75, 3.05) is 20.1 Å². The van der Waals surface area contributed by atoms with Crippen LogP contribution in [0.2, 0.25) is 0 Å². The molecule has 0 aliphatic carbocycles. The molecule has 0 radical (unpaired) electrons. The number of hydrogen-bond acceptors (Lipinski definition) is 2. The second-order valence-corrected chi connectivity index (χ2v) is 5.84. The SMILES string of the molecule is CN=C(NCCC(=O)NC(C)C)NCCc1ccc(C(F)(F)F)cc1.I. The summed E-state index contributed by atoms with van der Waals surface area (Å²) in [7, 11) is 1.61. The molecule has 0 unspecified atom stereocenters. The maximum Gasteiger partial charge on any atom is 0.416 e. The van der Waals surface area contributed by atoms with Crippen molar-refractivity contribution in [3.8, 4) is 0 Å². The van der Waals surface area contributed by atoms with E-state index in [0.29, 0.717) is 31.9 Å². The van der Waals surface area contributed by atoms with E-state index in [0.717, 1.165) is 17.7 Å². The highest BCUT2D eigenvalue weighted by Gasteiger charge is 2.29. The van der Waals surface area contributed by atoms with Crippen LogP contribution < -0.4 is 16.0 Å². The molecule has 0 atom stereocenters. The van der Waals surface area contributed by atoms with Gasteiger partial charge in [0, 0.05) is 32.6 Å². The summed E-state index contributed by atoms with van der Waals surface area (Å²) in [6, 6.07) is 5.20. The molecule has 0 spiro atoms. The minimum Gasteiger partial charge on any atom is -0.356 e. The normalized spacial score (nSPS) is 11.7. The van der Waals surface area contributed by atoms with Gasteiger partial charge >= 0.3 is 6.18 Å². The Hall–Kier alpha value is -1.52. The summed E-state index contributed by atoms with van der Waals surface area (Å²) in [6.45, 7) is 4.75. The summed E-state index contributed by atoms with van der Waals surface area (Å²) >= 11 is 0. The fraction of sp³-hybridized carbons (Fsp3) is 0.529. The minimum absolute atomic E-state index is 0. The monoisotopic (exact) mass is 486 g/mol. The third kappa shape index (κ3) is 9.83. The summed E-state index contributed by atoms with van der Waals surface area (Å²) in [5, 5.41) is 8.88. The first-order chi connectivity index (χ1) is 11.7. The fourth-order valence-electron chi connectivity index (χ4n) is 2.09. The molecule has 0 bridgehead atoms. The fourth-order valence-corrected chi connectivity index (χ4v) is 2.09. The molecule has 1 aromatic carbocycles. The van der Waals surface area contributed by atoms with Crippen molar-refractivity contribution in [3.63, 3.8) is 0 Å². The number of aliphatic imine (C=N–C) groups is 1. The molecule has 1 amide bonds. The number of benzene rings is 1. The molecular formula is C17H26F3IN4O. The van der Waals surface area contributed by atoms with Gasteiger partial charge in [-0.3, -0.25) is 9.79 Å². The van der Waals surface area contributed by atoms with E-state index in [1.165, 1.54) is 12.1 Å². The van der Waals surface area contributed by atoms with Gasteiger partial charge in [0.25, 0.3) is 0 Å². The van der Waals surface area contributed by atoms with E-state index in [9.17, 15) is 18.0 Å². The van der Waals surface area contributed by atoms with Gasteiger partial charge in [-0.25, -0.2) is 0 Å². The van der Waals surface area contributed by atoms with Gasteiger partial charge in [0.15, 0.2) is 5.96 Å². The van der Waals surface area contributed by atoms with E-state index in [-0.39, 0.29) is 35.9 Å². The Balaban J connectivity index is 0.00000625. The van der Waals surface area contributed by atoms with Crippen LogP contribution in [0.1, 0.15) is 31.4 Å². The van der Waals surface area contributed by atoms with Gasteiger partial charge in [-0.15, -0.1) is 24.0 Å². The number of nitrogens with one attached hydrogen (secondary N) is 3. The molecule has 0 fully saturated rings. The molecule has 5 nitrogen and oxygen atoms in total. The number of guanidine groups is 1. The smallest absolute Gasteiger partial charge is 0.356 e. The van der Waals surface area contributed by atoms with E-state index in [1.807, 2.05) is 13.8 Å². The van der Waals surface area contributed by atoms with Gasteiger partial charge in [0.05, 0.1) is 5.56 Å². The van der Waals surface area contributed by atoms with Crippen LogP contribution >= 0.6 is 24.0 Å². The van der Waals surface area contributed by atoms with Gasteiger partial charge in [0.1, 0.15) is 0 Å². The number of hydrogen-bond donors (Lipinski definition) is 3. The predicted molar refractivity (Wildman–Crippen MR) is 108 cm³/mol. The Bertz CT molecular complexity index is 574. The number of amides is 1. The highest BCUT2D eigenvalue weighted by atomic mass is 127. The molecule has 3 N–H and O–H groups in total. The number of nitrogens with zero attached hydrogens (tertiary/aromatic N) is 1. The van der Waals surface area contributed by atoms with Crippen LogP contribution in [0, 0.1) is 0 Å². The molecule has 0 aromatic heterocycles. The molecule has 0 saturated carbocycles. The number of rotatable bonds is 7. The summed E-state index contributed by atoms with van der Waals surface area (Å²) in [5.41, 5.74) is 0.147. The molecule has 0 aliphatic rings. The van der Waals surface area contributed by atoms with Gasteiger partial charge in [-0.05, 0) is 38.0 Å². The Morgan fingerprint density at radius 3 is 2.19 bits per heavy atom. The molecule has 1 aromatic rings. The lowest BCUT2D eigenvalue weighted by Crippen LogP contribution is -2.40. The van der Waals surface area contributed by atoms with E-state index in [4.69, 9.17) is 0 Å². The first-order valence-corrected chi connectivity index (χ1v) is 8.12. The lowest BCUT2D eigenvalue weighted by atomic mass is 10.1. The quantitative estimate of drug-likeness (QED) is 0.316. The van der Waals surface area contributed by atoms with Gasteiger partial charge in [-0.2, -0.15) is 13.2 Å². The topological polar surface area (TPSA) is 65.5 Å². The Kier molecular flexibility index (Phi) is 11.3. The first kappa shape index (κ1) is 24.5. The van der Waals surface area contributed by atoms with Crippen molar-refractivity contribution in [2.24, 2.45) is 4.99 Å². The lowest BCUT2D eigenvalue weighted by molar-refractivity contribution is -0.137. The van der Waals surface area contributed by atoms with Gasteiger partial charge in [-0.1, -0.05) is 12.1 Å². The zero-order valence-electron chi connectivity index (χ0n) is 15.1. The minimum atomic E-state index is -4.31. The maximum atomic E-state index is 12.5. The van der Waals surface area contributed by atoms with Gasteiger partial charge < -0.3 is 16.0 Å². The van der Waals surface area contributed by atoms with E-state index < -0.39 is 11.7 Å². The predicted octanol–water partition coefficient (Wildman–Crippen LogP) is 2.95. The third-order valence-corrected chi connectivity index (χ3v) is 3.31. The van der Waals surface area contributed by atoms with E-state index in [1.54, 1.807) is 7.05 Å². The number of halogens is 4. The van der Waals surface area contributed by atoms with Crippen molar-refractivity contribution in [3.05, 3.63) is 35.4 Å². The van der Waals surface area contributed by atoms with Crippen LogP contribution in [-0.2, 0) is 17.4 Å². The van der Waals surface area contributed by atoms with Crippen LogP contribution in [0.5, 0.6) is 0 Å². The molecular weight excluding hydrogens is 460 g/mol. The second kappa shape index (κ2) is 12.0. The second-order valence-electron chi connectivity index (χ2n) is 5.84. The first-order valence-electron chi connectivity index (χ1n) is 8.12. The average molecular weight is 486 g/mol. The molecule has 148 valence electrons. The maximum absolute atomic E-state index is 12.5. The highest BCUT2D eigenvalue weighted by Crippen LogP contribution is 2.29. The van der Waals surface area contributed by atoms with Crippen molar-refractivity contribution < 1.29 is 18.0 Å². The molecule has 1 rings (SSSR count). The van der Waals surface area contributed by atoms with Crippen LogP contribution in [0.4, 0.5) is 13.2 Å². The van der Waals surface area contributed by atoms with Crippen molar-refractivity contribution in [1.29, 1.82) is 0 Å². The molecule has 0 saturated heterocycles. The summed E-state index contributed by atoms with van der Waals surface area (Å²) in [5.74, 6) is 0.506. The number of alkyl halides is 3. The van der Waals surface area contributed by atoms with Crippen LogP contribution in [0.15, 0.2) is 29.3 Å². The van der Waals surface area contributed by atoms with E-state index >= 15 is 0 Å². The Labute approximate surface area is 169 Å². The highest BCUT2D eigenvalue weighted by molar-refractivity contribution is 14.0. The molecule has 26 heavy (non-hydrogen) atoms. The number of carbonyl (C=O) groups is 1. The lowest BCUT2D eigenvalue weighted by Gasteiger charge is -2.13. The average Bonchev–Trinajstić information content (AvgIpc) is 2.52. The van der Waals surface area contributed by atoms with Crippen molar-refractivity contribution in [2.45, 2.75) is 38.9 Å². The van der Waals surface area contributed by atoms with Crippen LogP contribution in [-0.4, -0.2) is 38.0 Å². The van der Waals surface area contributed by atoms with E-state index in [2.05, 4.69) is 20.9 Å². The summed E-state index contributed by atoms with van der Waals surface area (Å²) in [6.07, 6.45) is -3.42. The van der Waals surface area contributed by atoms with Gasteiger partial charge in [0.2, 0.25) is 5.91 Å². The molecule has 9 heteroatoms. The van der Waals surface area contributed by atoms with Crippen LogP contribution in [0.3, 0.4) is 0 Å². The molecule has 0 heterocycles. The Morgan fingerprint density at radius 2 is 1.69 bits per heavy atom. The van der Waals surface area contributed by atoms with Crippen molar-refractivity contribution >= 4 is 35.8 Å². The molecule has 0 aliphatic heterocycles.